The first kappa shape index (κ1) is 70.6. The second-order valence-corrected chi connectivity index (χ2v) is 21.8. The Morgan fingerprint density at radius 3 is 1.23 bits per heavy atom. The van der Waals surface area contributed by atoms with Crippen molar-refractivity contribution in [1.82, 2.24) is 5.32 Å². The summed E-state index contributed by atoms with van der Waals surface area (Å²) in [6, 6.07) is -0.807. The Balaban J connectivity index is 2.14. The number of carbonyl (C=O) groups is 1. The molecular weight excluding hydrogens is 935 g/mol. The molecule has 0 saturated carbocycles. The number of hydrogen-bond donors (Lipinski definition) is 6. The summed E-state index contributed by atoms with van der Waals surface area (Å²) < 4.78 is 11.3. The van der Waals surface area contributed by atoms with E-state index >= 15 is 0 Å². The number of ether oxygens (including phenoxy) is 2. The molecule has 1 fully saturated rings. The standard InChI is InChI=1S/C66H119NO8/c1-3-5-7-9-11-13-15-17-19-21-23-24-25-26-27-28-29-30-31-32-33-34-35-36-38-40-42-44-46-48-50-52-54-56-62(70)67-59(58-74-66-65(73)64(72)63(71)61(57-68)75-66)60(69)55-53-51-49-47-45-43-41-39-37-22-20-18-16-14-12-10-8-6-4-2/h5,7,11,13,17,19,23-24,26-27,53,55,59-61,63-66,68-69,71-73H,3-4,6,8-10,12,14-16,18,20-22,25,28-52,54,56-58H2,1-2H3,(H,67,70)/b7-5-,13-11-,19-17-,24-23-,27-26-,55-53+. The van der Waals surface area contributed by atoms with Crippen LogP contribution in [0.5, 0.6) is 0 Å². The van der Waals surface area contributed by atoms with Crippen molar-refractivity contribution >= 4 is 5.91 Å². The molecule has 1 heterocycles. The van der Waals surface area contributed by atoms with Crippen LogP contribution in [-0.4, -0.2) is 87.5 Å². The van der Waals surface area contributed by atoms with E-state index in [9.17, 15) is 30.3 Å². The van der Waals surface area contributed by atoms with Gasteiger partial charge in [0.1, 0.15) is 24.4 Å². The lowest BCUT2D eigenvalue weighted by Crippen LogP contribution is -2.60. The molecule has 6 N–H and O–H groups in total. The molecule has 75 heavy (non-hydrogen) atoms. The van der Waals surface area contributed by atoms with Gasteiger partial charge in [-0.05, 0) is 64.2 Å². The molecule has 0 spiro atoms. The monoisotopic (exact) mass is 1050 g/mol. The van der Waals surface area contributed by atoms with Gasteiger partial charge in [-0.2, -0.15) is 0 Å². The van der Waals surface area contributed by atoms with Crippen LogP contribution in [0.4, 0.5) is 0 Å². The third-order valence-electron chi connectivity index (χ3n) is 14.8. The number of amides is 1. The molecule has 0 aliphatic carbocycles. The summed E-state index contributed by atoms with van der Waals surface area (Å²) >= 11 is 0. The fraction of sp³-hybridized carbons (Fsp3) is 0.803. The Hall–Kier alpha value is -2.37. The van der Waals surface area contributed by atoms with E-state index in [0.29, 0.717) is 6.42 Å². The molecule has 1 amide bonds. The first-order chi connectivity index (χ1) is 36.8. The van der Waals surface area contributed by atoms with Crippen molar-refractivity contribution in [2.45, 2.75) is 326 Å². The molecule has 1 aliphatic heterocycles. The Morgan fingerprint density at radius 2 is 0.827 bits per heavy atom. The van der Waals surface area contributed by atoms with Crippen molar-refractivity contribution < 1.29 is 39.8 Å². The van der Waals surface area contributed by atoms with Crippen molar-refractivity contribution in [2.24, 2.45) is 0 Å². The van der Waals surface area contributed by atoms with Gasteiger partial charge < -0.3 is 40.3 Å². The summed E-state index contributed by atoms with van der Waals surface area (Å²) in [7, 11) is 0. The first-order valence-corrected chi connectivity index (χ1v) is 31.7. The Bertz CT molecular complexity index is 1410. The van der Waals surface area contributed by atoms with E-state index in [1.165, 1.54) is 193 Å². The fourth-order valence-electron chi connectivity index (χ4n) is 9.83. The molecule has 1 rings (SSSR count). The highest BCUT2D eigenvalue weighted by atomic mass is 16.7. The number of hydrogen-bond acceptors (Lipinski definition) is 8. The quantitative estimate of drug-likeness (QED) is 0.0261. The van der Waals surface area contributed by atoms with E-state index in [1.807, 2.05) is 6.08 Å². The van der Waals surface area contributed by atoms with Crippen molar-refractivity contribution in [3.8, 4) is 0 Å². The molecule has 1 aliphatic rings. The third-order valence-corrected chi connectivity index (χ3v) is 14.8. The summed E-state index contributed by atoms with van der Waals surface area (Å²) in [5.74, 6) is -0.175. The van der Waals surface area contributed by atoms with Crippen molar-refractivity contribution in [3.05, 3.63) is 72.9 Å². The van der Waals surface area contributed by atoms with Gasteiger partial charge in [-0.15, -0.1) is 0 Å². The molecular formula is C66H119NO8. The molecule has 0 radical (unpaired) electrons. The average Bonchev–Trinajstić information content (AvgIpc) is 3.41. The third kappa shape index (κ3) is 44.2. The van der Waals surface area contributed by atoms with Gasteiger partial charge in [-0.1, -0.05) is 286 Å². The van der Waals surface area contributed by atoms with E-state index in [1.54, 1.807) is 6.08 Å². The zero-order valence-corrected chi connectivity index (χ0v) is 48.5. The van der Waals surface area contributed by atoms with Crippen molar-refractivity contribution in [1.29, 1.82) is 0 Å². The summed E-state index contributed by atoms with van der Waals surface area (Å²) in [5, 5.41) is 54.6. The van der Waals surface area contributed by atoms with Gasteiger partial charge in [0.2, 0.25) is 5.91 Å². The predicted molar refractivity (Wildman–Crippen MR) is 318 cm³/mol. The molecule has 436 valence electrons. The average molecular weight is 1050 g/mol. The molecule has 7 unspecified atom stereocenters. The molecule has 1 saturated heterocycles. The predicted octanol–water partition coefficient (Wildman–Crippen LogP) is 16.4. The van der Waals surface area contributed by atoms with Crippen LogP contribution in [0.1, 0.15) is 284 Å². The Morgan fingerprint density at radius 1 is 0.467 bits per heavy atom. The van der Waals surface area contributed by atoms with E-state index in [0.717, 1.165) is 70.6 Å². The SMILES string of the molecule is CC/C=C\C/C=C\C/C=C\C/C=C\C/C=C\CCCCCCCCCCCCCCCCCCCC(=O)NC(COC1OC(CO)C(O)C(O)C1O)C(O)/C=C/CCCCCCCCCCCCCCCCCCC. The minimum atomic E-state index is -1.57. The number of unbranched alkanes of at least 4 members (excludes halogenated alkanes) is 34. The van der Waals surface area contributed by atoms with Crippen LogP contribution in [0.3, 0.4) is 0 Å². The largest absolute Gasteiger partial charge is 0.394 e. The van der Waals surface area contributed by atoms with Crippen LogP contribution in [0.25, 0.3) is 0 Å². The zero-order chi connectivity index (χ0) is 54.3. The van der Waals surface area contributed by atoms with Crippen LogP contribution >= 0.6 is 0 Å². The minimum Gasteiger partial charge on any atom is -0.394 e. The van der Waals surface area contributed by atoms with Gasteiger partial charge in [0.15, 0.2) is 6.29 Å². The van der Waals surface area contributed by atoms with Crippen molar-refractivity contribution in [2.75, 3.05) is 13.2 Å². The maximum atomic E-state index is 13.1. The summed E-state index contributed by atoms with van der Waals surface area (Å²) in [5.41, 5.74) is 0. The molecule has 9 heteroatoms. The minimum absolute atomic E-state index is 0.175. The van der Waals surface area contributed by atoms with Gasteiger partial charge in [-0.3, -0.25) is 4.79 Å². The summed E-state index contributed by atoms with van der Waals surface area (Å²) in [6.45, 7) is 3.69. The molecule has 0 aromatic rings. The van der Waals surface area contributed by atoms with Gasteiger partial charge >= 0.3 is 0 Å². The van der Waals surface area contributed by atoms with E-state index in [4.69, 9.17) is 9.47 Å². The van der Waals surface area contributed by atoms with Crippen molar-refractivity contribution in [3.63, 3.8) is 0 Å². The number of aliphatic hydroxyl groups excluding tert-OH is 5. The van der Waals surface area contributed by atoms with E-state index in [-0.39, 0.29) is 12.5 Å². The number of allylic oxidation sites excluding steroid dienone is 11. The van der Waals surface area contributed by atoms with Crippen LogP contribution in [-0.2, 0) is 14.3 Å². The highest BCUT2D eigenvalue weighted by molar-refractivity contribution is 5.76. The molecule has 0 aromatic heterocycles. The number of carbonyl (C=O) groups excluding carboxylic acids is 1. The molecule has 9 nitrogen and oxygen atoms in total. The number of rotatable bonds is 54. The Labute approximate surface area is 461 Å². The van der Waals surface area contributed by atoms with Gasteiger partial charge in [-0.25, -0.2) is 0 Å². The lowest BCUT2D eigenvalue weighted by molar-refractivity contribution is -0.302. The summed E-state index contributed by atoms with van der Waals surface area (Å²) in [4.78, 5) is 13.1. The topological polar surface area (TPSA) is 149 Å². The van der Waals surface area contributed by atoms with E-state index < -0.39 is 49.5 Å². The Kier molecular flexibility index (Phi) is 51.8. The maximum absolute atomic E-state index is 13.1. The maximum Gasteiger partial charge on any atom is 0.220 e. The number of nitrogens with one attached hydrogen (secondary N) is 1. The highest BCUT2D eigenvalue weighted by Gasteiger charge is 2.44. The van der Waals surface area contributed by atoms with Gasteiger partial charge in [0, 0.05) is 6.42 Å². The second kappa shape index (κ2) is 55.0. The van der Waals surface area contributed by atoms with E-state index in [2.05, 4.69) is 79.9 Å². The molecule has 0 aromatic carbocycles. The van der Waals surface area contributed by atoms with Crippen LogP contribution in [0.2, 0.25) is 0 Å². The first-order valence-electron chi connectivity index (χ1n) is 31.7. The normalized spacial score (nSPS) is 19.4. The zero-order valence-electron chi connectivity index (χ0n) is 48.5. The van der Waals surface area contributed by atoms with Crippen LogP contribution in [0.15, 0.2) is 72.9 Å². The summed E-state index contributed by atoms with van der Waals surface area (Å²) in [6.07, 6.45) is 69.8. The lowest BCUT2D eigenvalue weighted by Gasteiger charge is -2.40. The smallest absolute Gasteiger partial charge is 0.220 e. The lowest BCUT2D eigenvalue weighted by atomic mass is 9.99. The van der Waals surface area contributed by atoms with Gasteiger partial charge in [0.25, 0.3) is 0 Å². The number of aliphatic hydroxyl groups is 5. The van der Waals surface area contributed by atoms with Crippen LogP contribution in [0, 0.1) is 0 Å². The van der Waals surface area contributed by atoms with Gasteiger partial charge in [0.05, 0.1) is 25.4 Å². The second-order valence-electron chi connectivity index (χ2n) is 21.8. The molecule has 7 atom stereocenters. The fourth-order valence-corrected chi connectivity index (χ4v) is 9.83. The van der Waals surface area contributed by atoms with Crippen LogP contribution < -0.4 is 5.32 Å². The highest BCUT2D eigenvalue weighted by Crippen LogP contribution is 2.23. The molecule has 0 bridgehead atoms.